The zero-order valence-electron chi connectivity index (χ0n) is 21.5. The van der Waals surface area contributed by atoms with Crippen molar-refractivity contribution in [2.75, 3.05) is 24.8 Å². The summed E-state index contributed by atoms with van der Waals surface area (Å²) in [5.41, 5.74) is 1.18. The van der Waals surface area contributed by atoms with Crippen LogP contribution >= 0.6 is 0 Å². The second kappa shape index (κ2) is 13.6. The van der Waals surface area contributed by atoms with Gasteiger partial charge >= 0.3 is 5.97 Å². The highest BCUT2D eigenvalue weighted by atomic mass is 32.2. The van der Waals surface area contributed by atoms with Crippen LogP contribution in [-0.2, 0) is 22.5 Å². The number of esters is 1. The first-order valence-corrected chi connectivity index (χ1v) is 13.6. The number of anilines is 1. The van der Waals surface area contributed by atoms with Crippen molar-refractivity contribution in [2.24, 2.45) is 0 Å². The van der Waals surface area contributed by atoms with E-state index in [1.807, 2.05) is 6.07 Å². The van der Waals surface area contributed by atoms with E-state index in [1.165, 1.54) is 24.4 Å². The van der Waals surface area contributed by atoms with E-state index in [0.29, 0.717) is 51.9 Å². The van der Waals surface area contributed by atoms with Gasteiger partial charge in [0.25, 0.3) is 0 Å². The maximum absolute atomic E-state index is 14.9. The molecule has 0 saturated heterocycles. The van der Waals surface area contributed by atoms with Gasteiger partial charge in [0.05, 0.1) is 25.3 Å². The summed E-state index contributed by atoms with van der Waals surface area (Å²) in [7, 11) is 1.15. The van der Waals surface area contributed by atoms with E-state index in [4.69, 9.17) is 10.00 Å². The van der Waals surface area contributed by atoms with E-state index in [1.54, 1.807) is 48.5 Å². The van der Waals surface area contributed by atoms with Crippen LogP contribution in [0.25, 0.3) is 11.1 Å². The van der Waals surface area contributed by atoms with Gasteiger partial charge in [-0.1, -0.05) is 24.3 Å². The number of hydrogen-bond acceptors (Lipinski definition) is 7. The molecule has 204 valence electrons. The third-order valence-electron chi connectivity index (χ3n) is 5.95. The average Bonchev–Trinajstić information content (AvgIpc) is 2.98. The lowest BCUT2D eigenvalue weighted by Gasteiger charge is -2.13. The van der Waals surface area contributed by atoms with Crippen LogP contribution in [0.1, 0.15) is 27.9 Å². The molecule has 10 heteroatoms. The number of ether oxygens (including phenoxy) is 2. The molecule has 0 aliphatic heterocycles. The third-order valence-corrected chi connectivity index (χ3v) is 7.39. The van der Waals surface area contributed by atoms with Gasteiger partial charge in [0.1, 0.15) is 34.5 Å². The molecule has 1 N–H and O–H groups in total. The van der Waals surface area contributed by atoms with Crippen molar-refractivity contribution in [3.05, 3.63) is 107 Å². The van der Waals surface area contributed by atoms with Gasteiger partial charge < -0.3 is 19.3 Å². The van der Waals surface area contributed by atoms with Crippen LogP contribution in [0.15, 0.2) is 83.9 Å². The van der Waals surface area contributed by atoms with Gasteiger partial charge in [-0.15, -0.1) is 0 Å². The van der Waals surface area contributed by atoms with Crippen LogP contribution < -0.4 is 10.1 Å². The second-order valence-corrected chi connectivity index (χ2v) is 10.1. The van der Waals surface area contributed by atoms with E-state index >= 15 is 0 Å². The number of halogens is 2. The molecule has 0 fully saturated rings. The number of aromatic nitrogens is 1. The number of carbonyl (C=O) groups excluding carboxylic acids is 1. The SMILES string of the molecule is COC(=O)c1c(F)cccc1-c1ccc(CNc2cc([S+]([O-])CCCOc3ccc(C#N)cc3)ccn2)c(F)c1. The predicted octanol–water partition coefficient (Wildman–Crippen LogP) is 5.87. The first-order valence-electron chi connectivity index (χ1n) is 12.3. The van der Waals surface area contributed by atoms with Gasteiger partial charge in [0.15, 0.2) is 4.90 Å². The van der Waals surface area contributed by atoms with Crippen molar-refractivity contribution in [3.63, 3.8) is 0 Å². The largest absolute Gasteiger partial charge is 0.611 e. The predicted molar refractivity (Wildman–Crippen MR) is 147 cm³/mol. The molecule has 7 nitrogen and oxygen atoms in total. The lowest BCUT2D eigenvalue weighted by Crippen LogP contribution is -2.11. The van der Waals surface area contributed by atoms with Crippen molar-refractivity contribution in [3.8, 4) is 22.9 Å². The van der Waals surface area contributed by atoms with Gasteiger partial charge in [-0.05, 0) is 58.7 Å². The Bertz CT molecular complexity index is 1530. The molecule has 0 aliphatic carbocycles. The Hall–Kier alpha value is -4.46. The summed E-state index contributed by atoms with van der Waals surface area (Å²) in [4.78, 5) is 16.9. The number of rotatable bonds is 11. The molecule has 4 aromatic rings. The molecule has 1 unspecified atom stereocenters. The lowest BCUT2D eigenvalue weighted by molar-refractivity contribution is 0.0596. The van der Waals surface area contributed by atoms with Crippen LogP contribution in [0, 0.1) is 23.0 Å². The Balaban J connectivity index is 1.34. The molecule has 0 saturated carbocycles. The number of nitrogens with zero attached hydrogens (tertiary/aromatic N) is 2. The smallest absolute Gasteiger partial charge is 0.341 e. The molecule has 0 amide bonds. The van der Waals surface area contributed by atoms with E-state index in [0.717, 1.165) is 13.2 Å². The van der Waals surface area contributed by atoms with Crippen molar-refractivity contribution < 1.29 is 27.6 Å². The van der Waals surface area contributed by atoms with Gasteiger partial charge in [-0.3, -0.25) is 0 Å². The molecule has 1 heterocycles. The zero-order chi connectivity index (χ0) is 28.5. The number of hydrogen-bond donors (Lipinski definition) is 1. The summed E-state index contributed by atoms with van der Waals surface area (Å²) in [5, 5.41) is 11.9. The standard InChI is InChI=1S/C30H25F2N3O4S/c1-38-30(36)29-25(4-2-5-26(29)31)21-8-9-22(27(32)16-21)19-35-28-17-24(12-13-34-28)40(37)15-3-14-39-23-10-6-20(18-33)7-11-23/h2,4-13,16-17H,3,14-15,19H2,1H3,(H,34,35). The molecule has 3 aromatic carbocycles. The zero-order valence-corrected chi connectivity index (χ0v) is 22.3. The minimum atomic E-state index is -1.29. The Morgan fingerprint density at radius 2 is 1.88 bits per heavy atom. The topological polar surface area (TPSA) is 107 Å². The van der Waals surface area contributed by atoms with E-state index in [2.05, 4.69) is 15.0 Å². The fraction of sp³-hybridized carbons (Fsp3) is 0.167. The molecular weight excluding hydrogens is 536 g/mol. The Kier molecular flexibility index (Phi) is 9.67. The summed E-state index contributed by atoms with van der Waals surface area (Å²) in [6, 6.07) is 20.6. The number of nitrogens with one attached hydrogen (secondary N) is 1. The Morgan fingerprint density at radius 1 is 1.07 bits per heavy atom. The highest BCUT2D eigenvalue weighted by molar-refractivity contribution is 7.91. The van der Waals surface area contributed by atoms with Gasteiger partial charge in [-0.25, -0.2) is 18.6 Å². The highest BCUT2D eigenvalue weighted by Crippen LogP contribution is 2.28. The number of carbonyl (C=O) groups is 1. The molecule has 40 heavy (non-hydrogen) atoms. The average molecular weight is 562 g/mol. The maximum Gasteiger partial charge on any atom is 0.341 e. The molecule has 4 rings (SSSR count). The fourth-order valence-corrected chi connectivity index (χ4v) is 4.96. The first-order chi connectivity index (χ1) is 19.4. The van der Waals surface area contributed by atoms with Crippen LogP contribution in [0.3, 0.4) is 0 Å². The van der Waals surface area contributed by atoms with E-state index < -0.39 is 28.8 Å². The molecule has 0 bridgehead atoms. The monoisotopic (exact) mass is 561 g/mol. The summed E-state index contributed by atoms with van der Waals surface area (Å²) < 4.78 is 52.3. The summed E-state index contributed by atoms with van der Waals surface area (Å²) >= 11 is -1.29. The number of nitriles is 1. The van der Waals surface area contributed by atoms with Crippen LogP contribution in [0.2, 0.25) is 0 Å². The summed E-state index contributed by atoms with van der Waals surface area (Å²) in [6.45, 7) is 0.473. The minimum Gasteiger partial charge on any atom is -0.611 e. The van der Waals surface area contributed by atoms with Gasteiger partial charge in [0, 0.05) is 36.9 Å². The lowest BCUT2D eigenvalue weighted by atomic mass is 9.98. The fourth-order valence-electron chi connectivity index (χ4n) is 3.89. The molecular formula is C30H25F2N3O4S. The van der Waals surface area contributed by atoms with Gasteiger partial charge in [-0.2, -0.15) is 5.26 Å². The number of benzene rings is 3. The molecule has 0 spiro atoms. The highest BCUT2D eigenvalue weighted by Gasteiger charge is 2.19. The van der Waals surface area contributed by atoms with Crippen LogP contribution in [0.5, 0.6) is 5.75 Å². The third kappa shape index (κ3) is 7.14. The number of pyridine rings is 1. The molecule has 0 radical (unpaired) electrons. The maximum atomic E-state index is 14.9. The summed E-state index contributed by atoms with van der Waals surface area (Å²) in [6.07, 6.45) is 2.08. The van der Waals surface area contributed by atoms with Gasteiger partial charge in [0.2, 0.25) is 0 Å². The second-order valence-electron chi connectivity index (χ2n) is 8.58. The quantitative estimate of drug-likeness (QED) is 0.139. The Labute approximate surface area is 233 Å². The van der Waals surface area contributed by atoms with Crippen molar-refractivity contribution in [1.82, 2.24) is 4.98 Å². The Morgan fingerprint density at radius 3 is 2.60 bits per heavy atom. The van der Waals surface area contributed by atoms with Crippen molar-refractivity contribution >= 4 is 23.0 Å². The molecule has 0 aliphatic rings. The molecule has 1 aromatic heterocycles. The van der Waals surface area contributed by atoms with Crippen LogP contribution in [0.4, 0.5) is 14.6 Å². The normalized spacial score (nSPS) is 11.4. The first kappa shape index (κ1) is 28.5. The summed E-state index contributed by atoms with van der Waals surface area (Å²) in [5.74, 6) is -0.698. The van der Waals surface area contributed by atoms with Crippen LogP contribution in [-0.4, -0.2) is 35.0 Å². The number of methoxy groups -OCH3 is 1. The minimum absolute atomic E-state index is 0.0979. The van der Waals surface area contributed by atoms with E-state index in [9.17, 15) is 18.1 Å². The van der Waals surface area contributed by atoms with Crippen molar-refractivity contribution in [2.45, 2.75) is 17.9 Å². The molecule has 1 atom stereocenters. The van der Waals surface area contributed by atoms with Crippen molar-refractivity contribution in [1.29, 1.82) is 5.26 Å². The van der Waals surface area contributed by atoms with E-state index in [-0.39, 0.29) is 17.7 Å².